The lowest BCUT2D eigenvalue weighted by Gasteiger charge is -2.23. The molecule has 0 unspecified atom stereocenters. The van der Waals surface area contributed by atoms with Gasteiger partial charge in [-0.3, -0.25) is 4.79 Å². The minimum absolute atomic E-state index is 0.0523. The lowest BCUT2D eigenvalue weighted by molar-refractivity contribution is 0.0931. The molecule has 1 atom stereocenters. The Balaban J connectivity index is 2.33. The van der Waals surface area contributed by atoms with Gasteiger partial charge in [0.15, 0.2) is 0 Å². The molecule has 0 saturated heterocycles. The van der Waals surface area contributed by atoms with Crippen LogP contribution in [-0.2, 0) is 0 Å². The minimum atomic E-state index is -0.0533. The van der Waals surface area contributed by atoms with Crippen LogP contribution in [0.25, 0.3) is 0 Å². The topological polar surface area (TPSA) is 47.6 Å². The van der Waals surface area contributed by atoms with E-state index in [1.165, 1.54) is 0 Å². The Bertz CT molecular complexity index is 794. The predicted octanol–water partition coefficient (Wildman–Crippen LogP) is 5.65. The van der Waals surface area contributed by atoms with Gasteiger partial charge in [-0.05, 0) is 66.1 Å². The van der Waals surface area contributed by atoms with Gasteiger partial charge in [-0.25, -0.2) is 0 Å². The fraction of sp³-hybridized carbons (Fsp3) is 0.458. The summed E-state index contributed by atoms with van der Waals surface area (Å²) in [7, 11) is 3.32. The van der Waals surface area contributed by atoms with Gasteiger partial charge < -0.3 is 14.8 Å². The van der Waals surface area contributed by atoms with Crippen LogP contribution in [0.1, 0.15) is 73.1 Å². The second-order valence-electron chi connectivity index (χ2n) is 7.99. The van der Waals surface area contributed by atoms with E-state index in [-0.39, 0.29) is 17.9 Å². The largest absolute Gasteiger partial charge is 0.497 e. The zero-order chi connectivity index (χ0) is 20.8. The van der Waals surface area contributed by atoms with Gasteiger partial charge in [0.05, 0.1) is 20.3 Å². The van der Waals surface area contributed by atoms with E-state index in [2.05, 4.69) is 33.0 Å². The molecule has 0 aliphatic rings. The predicted molar refractivity (Wildman–Crippen MR) is 114 cm³/mol. The van der Waals surface area contributed by atoms with Crippen molar-refractivity contribution in [2.24, 2.45) is 5.92 Å². The average molecular weight is 384 g/mol. The number of nitrogens with one attached hydrogen (secondary N) is 1. The molecule has 1 amide bonds. The van der Waals surface area contributed by atoms with Gasteiger partial charge in [-0.2, -0.15) is 0 Å². The summed E-state index contributed by atoms with van der Waals surface area (Å²) >= 11 is 0. The van der Waals surface area contributed by atoms with E-state index in [4.69, 9.17) is 9.47 Å². The zero-order valence-electron chi connectivity index (χ0n) is 18.1. The number of aryl methyl sites for hydroxylation is 1. The molecule has 0 spiro atoms. The van der Waals surface area contributed by atoms with Crippen molar-refractivity contribution < 1.29 is 14.3 Å². The SMILES string of the molecule is COc1ccc([C@H](CC(C)C)NC(=O)c2cc(C(C)C)c(OC)cc2C)cc1. The van der Waals surface area contributed by atoms with E-state index >= 15 is 0 Å². The number of methoxy groups -OCH3 is 2. The third-order valence-corrected chi connectivity index (χ3v) is 4.97. The highest BCUT2D eigenvalue weighted by Crippen LogP contribution is 2.30. The van der Waals surface area contributed by atoms with Crippen molar-refractivity contribution in [3.05, 3.63) is 58.7 Å². The monoisotopic (exact) mass is 383 g/mol. The first kappa shape index (κ1) is 21.8. The zero-order valence-corrected chi connectivity index (χ0v) is 18.1. The summed E-state index contributed by atoms with van der Waals surface area (Å²) in [4.78, 5) is 13.2. The van der Waals surface area contributed by atoms with Crippen LogP contribution >= 0.6 is 0 Å². The lowest BCUT2D eigenvalue weighted by atomic mass is 9.94. The van der Waals surface area contributed by atoms with E-state index < -0.39 is 0 Å². The first-order valence-electron chi connectivity index (χ1n) is 9.90. The van der Waals surface area contributed by atoms with Crippen molar-refractivity contribution in [3.63, 3.8) is 0 Å². The lowest BCUT2D eigenvalue weighted by Crippen LogP contribution is -2.30. The van der Waals surface area contributed by atoms with E-state index in [0.717, 1.165) is 34.6 Å². The maximum Gasteiger partial charge on any atom is 0.252 e. The molecule has 0 aromatic heterocycles. The summed E-state index contributed by atoms with van der Waals surface area (Å²) in [5.74, 6) is 2.32. The summed E-state index contributed by atoms with van der Waals surface area (Å²) in [5, 5.41) is 3.24. The number of carbonyl (C=O) groups excluding carboxylic acids is 1. The van der Waals surface area contributed by atoms with Crippen molar-refractivity contribution in [1.29, 1.82) is 0 Å². The quantitative estimate of drug-likeness (QED) is 0.640. The van der Waals surface area contributed by atoms with Crippen molar-refractivity contribution in [2.75, 3.05) is 14.2 Å². The summed E-state index contributed by atoms with van der Waals surface area (Å²) in [6, 6.07) is 11.8. The number of ether oxygens (including phenoxy) is 2. The second kappa shape index (κ2) is 9.63. The van der Waals surface area contributed by atoms with Crippen LogP contribution in [0.3, 0.4) is 0 Å². The highest BCUT2D eigenvalue weighted by atomic mass is 16.5. The molecule has 2 aromatic carbocycles. The van der Waals surface area contributed by atoms with Gasteiger partial charge in [0.1, 0.15) is 11.5 Å². The highest BCUT2D eigenvalue weighted by molar-refractivity contribution is 5.96. The van der Waals surface area contributed by atoms with Crippen LogP contribution < -0.4 is 14.8 Å². The fourth-order valence-corrected chi connectivity index (χ4v) is 3.39. The molecule has 0 radical (unpaired) electrons. The Kier molecular flexibility index (Phi) is 7.50. The molecule has 1 N–H and O–H groups in total. The van der Waals surface area contributed by atoms with Crippen LogP contribution in [0.5, 0.6) is 11.5 Å². The number of hydrogen-bond donors (Lipinski definition) is 1. The number of rotatable bonds is 8. The third kappa shape index (κ3) is 5.28. The molecular formula is C24H33NO3. The van der Waals surface area contributed by atoms with Crippen LogP contribution in [0.2, 0.25) is 0 Å². The Morgan fingerprint density at radius 1 is 1.00 bits per heavy atom. The Morgan fingerprint density at radius 3 is 2.14 bits per heavy atom. The molecule has 28 heavy (non-hydrogen) atoms. The number of carbonyl (C=O) groups is 1. The van der Waals surface area contributed by atoms with Gasteiger partial charge >= 0.3 is 0 Å². The molecule has 0 saturated carbocycles. The summed E-state index contributed by atoms with van der Waals surface area (Å²) in [5.41, 5.74) is 3.74. The average Bonchev–Trinajstić information content (AvgIpc) is 2.66. The first-order valence-corrected chi connectivity index (χ1v) is 9.90. The minimum Gasteiger partial charge on any atom is -0.497 e. The summed E-state index contributed by atoms with van der Waals surface area (Å²) in [6.07, 6.45) is 0.865. The van der Waals surface area contributed by atoms with Gasteiger partial charge in [0.2, 0.25) is 0 Å². The number of amides is 1. The van der Waals surface area contributed by atoms with E-state index in [1.807, 2.05) is 43.3 Å². The van der Waals surface area contributed by atoms with Crippen molar-refractivity contribution in [2.45, 2.75) is 53.0 Å². The molecule has 0 heterocycles. The third-order valence-electron chi connectivity index (χ3n) is 4.97. The fourth-order valence-electron chi connectivity index (χ4n) is 3.39. The summed E-state index contributed by atoms with van der Waals surface area (Å²) < 4.78 is 10.8. The molecule has 0 fully saturated rings. The Hall–Kier alpha value is -2.49. The van der Waals surface area contributed by atoms with Gasteiger partial charge in [-0.15, -0.1) is 0 Å². The van der Waals surface area contributed by atoms with Crippen LogP contribution in [0.4, 0.5) is 0 Å². The van der Waals surface area contributed by atoms with E-state index in [0.29, 0.717) is 11.5 Å². The number of benzene rings is 2. The first-order chi connectivity index (χ1) is 13.3. The maximum atomic E-state index is 13.2. The van der Waals surface area contributed by atoms with Crippen molar-refractivity contribution in [1.82, 2.24) is 5.32 Å². The molecule has 0 aliphatic heterocycles. The Labute approximate surface area is 169 Å². The second-order valence-corrected chi connectivity index (χ2v) is 7.99. The van der Waals surface area contributed by atoms with E-state index in [1.54, 1.807) is 14.2 Å². The van der Waals surface area contributed by atoms with Gasteiger partial charge in [0.25, 0.3) is 5.91 Å². The molecule has 4 heteroatoms. The molecule has 2 rings (SSSR count). The van der Waals surface area contributed by atoms with Crippen LogP contribution in [0.15, 0.2) is 36.4 Å². The maximum absolute atomic E-state index is 13.2. The molecule has 2 aromatic rings. The van der Waals surface area contributed by atoms with Crippen LogP contribution in [-0.4, -0.2) is 20.1 Å². The molecule has 0 aliphatic carbocycles. The van der Waals surface area contributed by atoms with Crippen molar-refractivity contribution in [3.8, 4) is 11.5 Å². The standard InChI is InChI=1S/C24H33NO3/c1-15(2)12-22(18-8-10-19(27-6)11-9-18)25-24(26)21-14-20(16(3)4)23(28-7)13-17(21)5/h8-11,13-16,22H,12H2,1-7H3,(H,25,26)/t22-/m0/s1. The smallest absolute Gasteiger partial charge is 0.252 e. The summed E-state index contributed by atoms with van der Waals surface area (Å²) in [6.45, 7) is 10.5. The highest BCUT2D eigenvalue weighted by Gasteiger charge is 2.20. The van der Waals surface area contributed by atoms with Gasteiger partial charge in [-0.1, -0.05) is 39.8 Å². The normalized spacial score (nSPS) is 12.2. The molecule has 4 nitrogen and oxygen atoms in total. The molecule has 0 bridgehead atoms. The Morgan fingerprint density at radius 2 is 1.64 bits per heavy atom. The molecular weight excluding hydrogens is 350 g/mol. The van der Waals surface area contributed by atoms with Crippen LogP contribution in [0, 0.1) is 12.8 Å². The van der Waals surface area contributed by atoms with Gasteiger partial charge in [0, 0.05) is 5.56 Å². The number of hydrogen-bond acceptors (Lipinski definition) is 3. The van der Waals surface area contributed by atoms with E-state index in [9.17, 15) is 4.79 Å². The van der Waals surface area contributed by atoms with Crippen molar-refractivity contribution >= 4 is 5.91 Å². The molecule has 152 valence electrons.